The molecule has 2 N–H and O–H groups in total. The summed E-state index contributed by atoms with van der Waals surface area (Å²) in [6.45, 7) is 5.72. The van der Waals surface area contributed by atoms with Crippen molar-refractivity contribution in [3.05, 3.63) is 65.5 Å². The normalized spacial score (nSPS) is 15.1. The molecule has 3 rings (SSSR count). The molecule has 6 heteroatoms. The van der Waals surface area contributed by atoms with Crippen molar-refractivity contribution in [1.29, 1.82) is 0 Å². The van der Waals surface area contributed by atoms with Crippen LogP contribution >= 0.6 is 0 Å². The smallest absolute Gasteiger partial charge is 0.309 e. The molecule has 0 bridgehead atoms. The van der Waals surface area contributed by atoms with Crippen LogP contribution in [0.4, 0.5) is 0 Å². The van der Waals surface area contributed by atoms with E-state index in [1.54, 1.807) is 6.20 Å². The van der Waals surface area contributed by atoms with Gasteiger partial charge in [0.1, 0.15) is 0 Å². The molecule has 2 heterocycles. The lowest BCUT2D eigenvalue weighted by atomic mass is 9.97. The second-order valence-corrected chi connectivity index (χ2v) is 7.13. The third-order valence-corrected chi connectivity index (χ3v) is 4.75. The molecule has 2 aromatic rings. The van der Waals surface area contributed by atoms with Crippen LogP contribution in [0, 0.1) is 0 Å². The minimum Gasteiger partial charge on any atom is -0.346 e. The lowest BCUT2D eigenvalue weighted by Crippen LogP contribution is -2.46. The fraction of sp³-hybridized carbons (Fsp3) is 0.381. The molecule has 0 spiro atoms. The van der Waals surface area contributed by atoms with Gasteiger partial charge >= 0.3 is 11.8 Å². The van der Waals surface area contributed by atoms with Crippen molar-refractivity contribution in [2.75, 3.05) is 13.1 Å². The molecule has 1 aliphatic heterocycles. The largest absolute Gasteiger partial charge is 0.346 e. The number of pyridine rings is 1. The molecule has 0 radical (unpaired) electrons. The van der Waals surface area contributed by atoms with E-state index < -0.39 is 11.8 Å². The minimum atomic E-state index is -0.602. The van der Waals surface area contributed by atoms with Gasteiger partial charge in [0.2, 0.25) is 0 Å². The molecule has 27 heavy (non-hydrogen) atoms. The Morgan fingerprint density at radius 1 is 1.11 bits per heavy atom. The molecule has 6 nitrogen and oxygen atoms in total. The van der Waals surface area contributed by atoms with Crippen LogP contribution in [0.1, 0.15) is 36.6 Å². The second kappa shape index (κ2) is 8.77. The number of aromatic nitrogens is 1. The summed E-state index contributed by atoms with van der Waals surface area (Å²) in [5, 5.41) is 5.41. The van der Waals surface area contributed by atoms with Gasteiger partial charge in [-0.1, -0.05) is 30.3 Å². The molecule has 1 aliphatic rings. The fourth-order valence-electron chi connectivity index (χ4n) is 3.41. The molecule has 0 fully saturated rings. The zero-order valence-electron chi connectivity index (χ0n) is 15.8. The Kier molecular flexibility index (Phi) is 6.19. The summed E-state index contributed by atoms with van der Waals surface area (Å²) < 4.78 is 0. The van der Waals surface area contributed by atoms with Crippen molar-refractivity contribution < 1.29 is 9.59 Å². The fourth-order valence-corrected chi connectivity index (χ4v) is 3.41. The summed E-state index contributed by atoms with van der Waals surface area (Å²) in [4.78, 5) is 30.6. The van der Waals surface area contributed by atoms with Gasteiger partial charge in [-0.3, -0.25) is 19.5 Å². The monoisotopic (exact) mass is 366 g/mol. The molecule has 0 saturated heterocycles. The van der Waals surface area contributed by atoms with Crippen LogP contribution in [0.3, 0.4) is 0 Å². The van der Waals surface area contributed by atoms with Gasteiger partial charge in [-0.05, 0) is 43.0 Å². The maximum atomic E-state index is 12.1. The van der Waals surface area contributed by atoms with E-state index in [9.17, 15) is 9.59 Å². The highest BCUT2D eigenvalue weighted by molar-refractivity contribution is 6.35. The number of hydrogen-bond donors (Lipinski definition) is 2. The maximum Gasteiger partial charge on any atom is 0.309 e. The first-order valence-electron chi connectivity index (χ1n) is 9.34. The first kappa shape index (κ1) is 19.0. The molecule has 1 aromatic carbocycles. The van der Waals surface area contributed by atoms with Crippen LogP contribution in [0.5, 0.6) is 0 Å². The molecule has 142 valence electrons. The number of benzene rings is 1. The standard InChI is InChI=1S/C21H26N4O2/c1-15(2)24-21(27)20(26)23-13-19(17-8-5-10-22-12-17)25-11-9-16-6-3-4-7-18(16)14-25/h3-8,10,12,15,19H,9,11,13-14H2,1-2H3,(H,23,26)(H,24,27). The summed E-state index contributed by atoms with van der Waals surface area (Å²) >= 11 is 0. The highest BCUT2D eigenvalue weighted by atomic mass is 16.2. The van der Waals surface area contributed by atoms with Gasteiger partial charge in [0.25, 0.3) is 0 Å². The predicted octanol–water partition coefficient (Wildman–Crippen LogP) is 1.82. The van der Waals surface area contributed by atoms with Crippen molar-refractivity contribution >= 4 is 11.8 Å². The number of nitrogens with zero attached hydrogens (tertiary/aromatic N) is 2. The first-order chi connectivity index (χ1) is 13.0. The number of rotatable bonds is 5. The maximum absolute atomic E-state index is 12.1. The molecule has 1 unspecified atom stereocenters. The van der Waals surface area contributed by atoms with Gasteiger partial charge in [-0.2, -0.15) is 0 Å². The molecule has 1 aromatic heterocycles. The molecule has 2 amide bonds. The van der Waals surface area contributed by atoms with E-state index in [0.717, 1.165) is 25.1 Å². The molecule has 0 aliphatic carbocycles. The Morgan fingerprint density at radius 2 is 1.89 bits per heavy atom. The second-order valence-electron chi connectivity index (χ2n) is 7.13. The summed E-state index contributed by atoms with van der Waals surface area (Å²) in [5.41, 5.74) is 3.71. The summed E-state index contributed by atoms with van der Waals surface area (Å²) in [7, 11) is 0. The highest BCUT2D eigenvalue weighted by Crippen LogP contribution is 2.27. The summed E-state index contributed by atoms with van der Waals surface area (Å²) in [5.74, 6) is -1.20. The predicted molar refractivity (Wildman–Crippen MR) is 104 cm³/mol. The van der Waals surface area contributed by atoms with Gasteiger partial charge in [-0.15, -0.1) is 0 Å². The van der Waals surface area contributed by atoms with Crippen LogP contribution < -0.4 is 10.6 Å². The van der Waals surface area contributed by atoms with Crippen LogP contribution in [-0.4, -0.2) is 40.8 Å². The van der Waals surface area contributed by atoms with E-state index in [2.05, 4.69) is 44.8 Å². The zero-order chi connectivity index (χ0) is 19.2. The first-order valence-corrected chi connectivity index (χ1v) is 9.34. The van der Waals surface area contributed by atoms with Gasteiger partial charge in [0.05, 0.1) is 6.04 Å². The van der Waals surface area contributed by atoms with Gasteiger partial charge in [-0.25, -0.2) is 0 Å². The van der Waals surface area contributed by atoms with Crippen molar-refractivity contribution in [1.82, 2.24) is 20.5 Å². The summed E-state index contributed by atoms with van der Waals surface area (Å²) in [6.07, 6.45) is 4.53. The van der Waals surface area contributed by atoms with E-state index in [-0.39, 0.29) is 12.1 Å². The Hall–Kier alpha value is -2.73. The van der Waals surface area contributed by atoms with Gasteiger partial charge in [0.15, 0.2) is 0 Å². The van der Waals surface area contributed by atoms with E-state index >= 15 is 0 Å². The topological polar surface area (TPSA) is 74.3 Å². The van der Waals surface area contributed by atoms with Crippen LogP contribution in [0.15, 0.2) is 48.8 Å². The molecular formula is C21H26N4O2. The van der Waals surface area contributed by atoms with Gasteiger partial charge in [0, 0.05) is 38.1 Å². The molecular weight excluding hydrogens is 340 g/mol. The van der Waals surface area contributed by atoms with Gasteiger partial charge < -0.3 is 10.6 Å². The number of carbonyl (C=O) groups is 2. The number of fused-ring (bicyclic) bond motifs is 1. The molecule has 0 saturated carbocycles. The average molecular weight is 366 g/mol. The number of hydrogen-bond acceptors (Lipinski definition) is 4. The van der Waals surface area contributed by atoms with E-state index in [1.807, 2.05) is 32.2 Å². The SMILES string of the molecule is CC(C)NC(=O)C(=O)NCC(c1cccnc1)N1CCc2ccccc2C1. The number of carbonyl (C=O) groups excluding carboxylic acids is 2. The van der Waals surface area contributed by atoms with Crippen molar-refractivity contribution in [2.45, 2.75) is 38.9 Å². The Morgan fingerprint density at radius 3 is 2.59 bits per heavy atom. The zero-order valence-corrected chi connectivity index (χ0v) is 15.8. The minimum absolute atomic E-state index is 0.0390. The number of amides is 2. The van der Waals surface area contributed by atoms with Crippen LogP contribution in [-0.2, 0) is 22.6 Å². The number of nitrogens with one attached hydrogen (secondary N) is 2. The Balaban J connectivity index is 1.73. The third-order valence-electron chi connectivity index (χ3n) is 4.75. The third kappa shape index (κ3) is 4.92. The average Bonchev–Trinajstić information content (AvgIpc) is 2.68. The van der Waals surface area contributed by atoms with E-state index in [0.29, 0.717) is 6.54 Å². The van der Waals surface area contributed by atoms with Crippen LogP contribution in [0.2, 0.25) is 0 Å². The van der Waals surface area contributed by atoms with E-state index in [1.165, 1.54) is 11.1 Å². The lowest BCUT2D eigenvalue weighted by molar-refractivity contribution is -0.139. The Bertz CT molecular complexity index is 792. The van der Waals surface area contributed by atoms with Crippen molar-refractivity contribution in [3.8, 4) is 0 Å². The van der Waals surface area contributed by atoms with E-state index in [4.69, 9.17) is 0 Å². The van der Waals surface area contributed by atoms with Crippen molar-refractivity contribution in [2.24, 2.45) is 0 Å². The van der Waals surface area contributed by atoms with Crippen LogP contribution in [0.25, 0.3) is 0 Å². The van der Waals surface area contributed by atoms with Crippen molar-refractivity contribution in [3.63, 3.8) is 0 Å². The highest BCUT2D eigenvalue weighted by Gasteiger charge is 2.26. The Labute approximate surface area is 160 Å². The molecule has 1 atom stereocenters. The quantitative estimate of drug-likeness (QED) is 0.792. The lowest BCUT2D eigenvalue weighted by Gasteiger charge is -2.35. The summed E-state index contributed by atoms with van der Waals surface area (Å²) in [6, 6.07) is 12.2.